The Hall–Kier alpha value is -1.92. The Morgan fingerprint density at radius 3 is 2.81 bits per heavy atom. The van der Waals surface area contributed by atoms with Crippen molar-refractivity contribution in [3.63, 3.8) is 0 Å². The number of nitrogens with zero attached hydrogens (tertiary/aromatic N) is 3. The first-order chi connectivity index (χ1) is 12.8. The number of aromatic nitrogens is 1. The van der Waals surface area contributed by atoms with Gasteiger partial charge in [0.05, 0.1) is 0 Å². The van der Waals surface area contributed by atoms with E-state index in [1.54, 1.807) is 0 Å². The highest BCUT2D eigenvalue weighted by molar-refractivity contribution is 7.09. The number of rotatable bonds is 7. The molecule has 1 saturated heterocycles. The van der Waals surface area contributed by atoms with Crippen LogP contribution >= 0.6 is 11.3 Å². The van der Waals surface area contributed by atoms with E-state index in [2.05, 4.69) is 49.1 Å². The topological polar surface area (TPSA) is 52.6 Å². The van der Waals surface area contributed by atoms with Crippen molar-refractivity contribution in [2.24, 2.45) is 10.9 Å². The molecule has 1 aliphatic rings. The van der Waals surface area contributed by atoms with E-state index in [0.717, 1.165) is 43.6 Å². The molecule has 0 unspecified atom stereocenters. The number of aliphatic imine (C=N–C) groups is 1. The Balaban J connectivity index is 1.31. The van der Waals surface area contributed by atoms with Crippen LogP contribution in [0.25, 0.3) is 0 Å². The second kappa shape index (κ2) is 10.3. The number of hydrogen-bond donors (Lipinski definition) is 2. The number of guanidine groups is 1. The van der Waals surface area contributed by atoms with E-state index >= 15 is 0 Å². The van der Waals surface area contributed by atoms with Gasteiger partial charge >= 0.3 is 0 Å². The van der Waals surface area contributed by atoms with Crippen LogP contribution in [0.2, 0.25) is 0 Å². The van der Waals surface area contributed by atoms with Crippen molar-refractivity contribution in [1.29, 1.82) is 0 Å². The molecular formula is C20H29N5S. The first-order valence-electron chi connectivity index (χ1n) is 9.42. The summed E-state index contributed by atoms with van der Waals surface area (Å²) in [6.07, 6.45) is 5.25. The molecule has 26 heavy (non-hydrogen) atoms. The summed E-state index contributed by atoms with van der Waals surface area (Å²) in [6, 6.07) is 10.4. The minimum absolute atomic E-state index is 0.726. The van der Waals surface area contributed by atoms with Gasteiger partial charge in [-0.05, 0) is 55.4 Å². The van der Waals surface area contributed by atoms with Gasteiger partial charge in [-0.25, -0.2) is 0 Å². The first kappa shape index (κ1) is 18.9. The predicted molar refractivity (Wildman–Crippen MR) is 110 cm³/mol. The Kier molecular flexibility index (Phi) is 7.46. The fourth-order valence-electron chi connectivity index (χ4n) is 3.29. The number of hydrogen-bond acceptors (Lipinski definition) is 4. The normalized spacial score (nSPS) is 16.6. The largest absolute Gasteiger partial charge is 0.356 e. The number of pyridine rings is 1. The summed E-state index contributed by atoms with van der Waals surface area (Å²) in [5.74, 6) is 1.62. The molecule has 0 amide bonds. The summed E-state index contributed by atoms with van der Waals surface area (Å²) >= 11 is 1.86. The molecule has 0 aliphatic carbocycles. The monoisotopic (exact) mass is 371 g/mol. The van der Waals surface area contributed by atoms with Gasteiger partial charge in [-0.15, -0.1) is 11.3 Å². The lowest BCUT2D eigenvalue weighted by Crippen LogP contribution is -2.43. The summed E-state index contributed by atoms with van der Waals surface area (Å²) < 4.78 is 0. The molecule has 0 bridgehead atoms. The molecule has 0 aromatic carbocycles. The zero-order chi connectivity index (χ0) is 18.0. The maximum atomic E-state index is 4.35. The van der Waals surface area contributed by atoms with Crippen molar-refractivity contribution in [2.45, 2.75) is 25.8 Å². The lowest BCUT2D eigenvalue weighted by molar-refractivity contribution is 0.179. The number of thiophene rings is 1. The highest BCUT2D eigenvalue weighted by Gasteiger charge is 2.19. The fraction of sp³-hybridized carbons (Fsp3) is 0.500. The van der Waals surface area contributed by atoms with Crippen LogP contribution in [-0.2, 0) is 13.0 Å². The SMILES string of the molecule is CN=C(NCCc1ccccn1)NCC1CCN(Cc2cccs2)CC1. The summed E-state index contributed by atoms with van der Waals surface area (Å²) in [6.45, 7) is 5.33. The molecule has 0 saturated carbocycles. The average molecular weight is 372 g/mol. The van der Waals surface area contributed by atoms with Crippen LogP contribution < -0.4 is 10.6 Å². The summed E-state index contributed by atoms with van der Waals surface area (Å²) in [4.78, 5) is 12.7. The predicted octanol–water partition coefficient (Wildman–Crippen LogP) is 2.76. The molecule has 3 heterocycles. The number of piperidine rings is 1. The molecule has 2 aromatic rings. The molecule has 5 nitrogen and oxygen atoms in total. The van der Waals surface area contributed by atoms with Gasteiger partial charge in [0.15, 0.2) is 5.96 Å². The standard InChI is InChI=1S/C20H29N5S/c1-21-20(23-11-7-18-5-2-3-10-22-18)24-15-17-8-12-25(13-9-17)16-19-6-4-14-26-19/h2-6,10,14,17H,7-9,11-13,15-16H2,1H3,(H2,21,23,24). The van der Waals surface area contributed by atoms with Crippen LogP contribution in [0.4, 0.5) is 0 Å². The van der Waals surface area contributed by atoms with Crippen molar-refractivity contribution < 1.29 is 0 Å². The lowest BCUT2D eigenvalue weighted by Gasteiger charge is -2.32. The second-order valence-corrected chi connectivity index (χ2v) is 7.78. The van der Waals surface area contributed by atoms with E-state index in [4.69, 9.17) is 0 Å². The van der Waals surface area contributed by atoms with Gasteiger partial charge in [0.25, 0.3) is 0 Å². The maximum absolute atomic E-state index is 4.35. The minimum Gasteiger partial charge on any atom is -0.356 e. The van der Waals surface area contributed by atoms with Crippen molar-refractivity contribution in [1.82, 2.24) is 20.5 Å². The third-order valence-electron chi connectivity index (χ3n) is 4.85. The molecule has 1 fully saturated rings. The highest BCUT2D eigenvalue weighted by Crippen LogP contribution is 2.20. The Morgan fingerprint density at radius 1 is 1.23 bits per heavy atom. The molecule has 2 N–H and O–H groups in total. The molecule has 1 aliphatic heterocycles. The maximum Gasteiger partial charge on any atom is 0.190 e. The van der Waals surface area contributed by atoms with Crippen molar-refractivity contribution in [3.8, 4) is 0 Å². The van der Waals surface area contributed by atoms with Crippen molar-refractivity contribution in [2.75, 3.05) is 33.2 Å². The van der Waals surface area contributed by atoms with Crippen LogP contribution in [0.1, 0.15) is 23.4 Å². The van der Waals surface area contributed by atoms with Gasteiger partial charge in [0, 0.05) is 49.9 Å². The van der Waals surface area contributed by atoms with Crippen LogP contribution in [-0.4, -0.2) is 49.1 Å². The fourth-order valence-corrected chi connectivity index (χ4v) is 4.03. The van der Waals surface area contributed by atoms with Crippen molar-refractivity contribution in [3.05, 3.63) is 52.5 Å². The Bertz CT molecular complexity index is 648. The average Bonchev–Trinajstić information content (AvgIpc) is 3.19. The van der Waals surface area contributed by atoms with Gasteiger partial charge in [-0.2, -0.15) is 0 Å². The van der Waals surface area contributed by atoms with E-state index in [-0.39, 0.29) is 0 Å². The molecule has 140 valence electrons. The molecule has 2 aromatic heterocycles. The minimum atomic E-state index is 0.726. The Morgan fingerprint density at radius 2 is 2.12 bits per heavy atom. The summed E-state index contributed by atoms with van der Waals surface area (Å²) in [5.41, 5.74) is 1.11. The molecule has 0 spiro atoms. The van der Waals surface area contributed by atoms with Gasteiger partial charge in [-0.3, -0.25) is 14.9 Å². The number of nitrogens with one attached hydrogen (secondary N) is 2. The molecule has 0 atom stereocenters. The summed E-state index contributed by atoms with van der Waals surface area (Å²) in [7, 11) is 1.83. The van der Waals surface area contributed by atoms with Crippen LogP contribution in [0.5, 0.6) is 0 Å². The van der Waals surface area contributed by atoms with Crippen LogP contribution in [0, 0.1) is 5.92 Å². The van der Waals surface area contributed by atoms with Gasteiger partial charge in [-0.1, -0.05) is 12.1 Å². The molecule has 0 radical (unpaired) electrons. The van der Waals surface area contributed by atoms with E-state index in [0.29, 0.717) is 0 Å². The second-order valence-electron chi connectivity index (χ2n) is 6.75. The van der Waals surface area contributed by atoms with Gasteiger partial charge in [0.2, 0.25) is 0 Å². The van der Waals surface area contributed by atoms with E-state index in [9.17, 15) is 0 Å². The van der Waals surface area contributed by atoms with E-state index in [1.165, 1.54) is 30.8 Å². The molecule has 3 rings (SSSR count). The summed E-state index contributed by atoms with van der Waals surface area (Å²) in [5, 5.41) is 9.04. The smallest absolute Gasteiger partial charge is 0.190 e. The highest BCUT2D eigenvalue weighted by atomic mass is 32.1. The first-order valence-corrected chi connectivity index (χ1v) is 10.3. The zero-order valence-electron chi connectivity index (χ0n) is 15.5. The van der Waals surface area contributed by atoms with E-state index < -0.39 is 0 Å². The van der Waals surface area contributed by atoms with Gasteiger partial charge < -0.3 is 10.6 Å². The van der Waals surface area contributed by atoms with E-state index in [1.807, 2.05) is 36.7 Å². The third-order valence-corrected chi connectivity index (χ3v) is 5.71. The lowest BCUT2D eigenvalue weighted by atomic mass is 9.97. The number of likely N-dealkylation sites (tertiary alicyclic amines) is 1. The quantitative estimate of drug-likeness (QED) is 0.580. The van der Waals surface area contributed by atoms with Crippen LogP contribution in [0.3, 0.4) is 0 Å². The third kappa shape index (κ3) is 6.11. The Labute approximate surface area is 160 Å². The van der Waals surface area contributed by atoms with Crippen molar-refractivity contribution >= 4 is 17.3 Å². The van der Waals surface area contributed by atoms with Gasteiger partial charge in [0.1, 0.15) is 0 Å². The molecule has 6 heteroatoms. The zero-order valence-corrected chi connectivity index (χ0v) is 16.3. The van der Waals surface area contributed by atoms with Crippen LogP contribution in [0.15, 0.2) is 46.9 Å². The molecular weight excluding hydrogens is 342 g/mol.